The zero-order valence-corrected chi connectivity index (χ0v) is 23.3. The summed E-state index contributed by atoms with van der Waals surface area (Å²) in [6.07, 6.45) is 9.92. The highest BCUT2D eigenvalue weighted by Gasteiger charge is 2.34. The summed E-state index contributed by atoms with van der Waals surface area (Å²) in [4.78, 5) is 21.3. The molecule has 1 heterocycles. The molecular weight excluding hydrogens is 498 g/mol. The zero-order chi connectivity index (χ0) is 28.1. The maximum atomic E-state index is 14.8. The van der Waals surface area contributed by atoms with Gasteiger partial charge < -0.3 is 9.47 Å². The Bertz CT molecular complexity index is 1130. The van der Waals surface area contributed by atoms with Crippen LogP contribution in [0.25, 0.3) is 22.5 Å². The molecule has 0 aliphatic carbocycles. The van der Waals surface area contributed by atoms with E-state index in [9.17, 15) is 13.6 Å². The number of hydrogen-bond acceptors (Lipinski definition) is 5. The van der Waals surface area contributed by atoms with E-state index in [1.165, 1.54) is 6.92 Å². The Morgan fingerprint density at radius 3 is 2.10 bits per heavy atom. The van der Waals surface area contributed by atoms with Crippen LogP contribution in [-0.4, -0.2) is 34.4 Å². The fourth-order valence-corrected chi connectivity index (χ4v) is 4.14. The largest absolute Gasteiger partial charge is 0.494 e. The van der Waals surface area contributed by atoms with E-state index in [4.69, 9.17) is 9.47 Å². The molecule has 0 saturated carbocycles. The van der Waals surface area contributed by atoms with Crippen molar-refractivity contribution >= 4 is 5.97 Å². The quantitative estimate of drug-likeness (QED) is 0.104. The van der Waals surface area contributed by atoms with Crippen molar-refractivity contribution in [2.45, 2.75) is 90.4 Å². The van der Waals surface area contributed by atoms with Gasteiger partial charge in [-0.05, 0) is 87.9 Å². The van der Waals surface area contributed by atoms with Gasteiger partial charge in [-0.1, -0.05) is 44.7 Å². The second-order valence-corrected chi connectivity index (χ2v) is 10.2. The lowest BCUT2D eigenvalue weighted by Crippen LogP contribution is -2.34. The van der Waals surface area contributed by atoms with E-state index in [0.717, 1.165) is 61.0 Å². The smallest absolute Gasteiger partial charge is 0.348 e. The summed E-state index contributed by atoms with van der Waals surface area (Å²) in [5.41, 5.74) is 0.517. The summed E-state index contributed by atoms with van der Waals surface area (Å²) in [6.45, 7) is 5.55. The van der Waals surface area contributed by atoms with E-state index in [0.29, 0.717) is 31.0 Å². The second-order valence-electron chi connectivity index (χ2n) is 10.2. The van der Waals surface area contributed by atoms with Gasteiger partial charge in [0.1, 0.15) is 11.5 Å². The van der Waals surface area contributed by atoms with Crippen LogP contribution in [0.5, 0.6) is 11.5 Å². The Labute approximate surface area is 231 Å². The molecule has 7 heteroatoms. The number of alkyl halides is 2. The molecule has 0 aliphatic rings. The van der Waals surface area contributed by atoms with Crippen molar-refractivity contribution in [1.29, 1.82) is 0 Å². The average molecular weight is 539 g/mol. The standard InChI is InChI=1S/C32H40F2N2O3/c1-4-5-6-7-9-20-32(3,34)31(37)39-29-18-12-25(13-19-29)27-22-35-30(36-23-27)26-14-16-28(17-15-26)38-21-10-8-11-24(2)33/h12-19,22-24H,4-11,20-21H2,1-3H3. The Kier molecular flexibility index (Phi) is 11.8. The van der Waals surface area contributed by atoms with E-state index in [1.807, 2.05) is 24.3 Å². The molecule has 2 aromatic carbocycles. The molecule has 0 fully saturated rings. The Balaban J connectivity index is 1.50. The van der Waals surface area contributed by atoms with Crippen LogP contribution in [0, 0.1) is 0 Å². The van der Waals surface area contributed by atoms with Crippen LogP contribution < -0.4 is 9.47 Å². The van der Waals surface area contributed by atoms with Crippen molar-refractivity contribution in [3.63, 3.8) is 0 Å². The van der Waals surface area contributed by atoms with Gasteiger partial charge in [0.25, 0.3) is 0 Å². The molecule has 2 unspecified atom stereocenters. The molecule has 3 aromatic rings. The predicted molar refractivity (Wildman–Crippen MR) is 151 cm³/mol. The Morgan fingerprint density at radius 1 is 0.846 bits per heavy atom. The highest BCUT2D eigenvalue weighted by atomic mass is 19.1. The first-order valence-electron chi connectivity index (χ1n) is 14.0. The minimum Gasteiger partial charge on any atom is -0.494 e. The van der Waals surface area contributed by atoms with Crippen LogP contribution >= 0.6 is 0 Å². The Hall–Kier alpha value is -3.35. The van der Waals surface area contributed by atoms with Crippen molar-refractivity contribution in [3.8, 4) is 34.0 Å². The molecule has 0 aliphatic heterocycles. The summed E-state index contributed by atoms with van der Waals surface area (Å²) in [5.74, 6) is 0.783. The number of unbranched alkanes of at least 4 members (excludes halogenated alkanes) is 5. The Morgan fingerprint density at radius 2 is 1.46 bits per heavy atom. The third-order valence-electron chi connectivity index (χ3n) is 6.60. The number of benzene rings is 2. The van der Waals surface area contributed by atoms with Gasteiger partial charge in [-0.25, -0.2) is 23.5 Å². The molecular formula is C32H40F2N2O3. The fraction of sp³-hybridized carbons (Fsp3) is 0.469. The van der Waals surface area contributed by atoms with Crippen LogP contribution in [-0.2, 0) is 4.79 Å². The number of aromatic nitrogens is 2. The monoisotopic (exact) mass is 538 g/mol. The topological polar surface area (TPSA) is 61.3 Å². The van der Waals surface area contributed by atoms with Gasteiger partial charge in [-0.2, -0.15) is 0 Å². The van der Waals surface area contributed by atoms with E-state index < -0.39 is 17.8 Å². The first-order valence-corrected chi connectivity index (χ1v) is 14.0. The molecule has 0 radical (unpaired) electrons. The molecule has 3 rings (SSSR count). The van der Waals surface area contributed by atoms with Gasteiger partial charge in [0.2, 0.25) is 5.67 Å². The minimum atomic E-state index is -2.01. The van der Waals surface area contributed by atoms with Crippen LogP contribution in [0.15, 0.2) is 60.9 Å². The van der Waals surface area contributed by atoms with E-state index in [1.54, 1.807) is 43.6 Å². The van der Waals surface area contributed by atoms with E-state index in [-0.39, 0.29) is 6.42 Å². The van der Waals surface area contributed by atoms with Crippen molar-refractivity contribution < 1.29 is 23.0 Å². The summed E-state index contributed by atoms with van der Waals surface area (Å²) in [6, 6.07) is 14.4. The summed E-state index contributed by atoms with van der Waals surface area (Å²) < 4.78 is 38.7. The number of halogens is 2. The number of esters is 1. The molecule has 2 atom stereocenters. The van der Waals surface area contributed by atoms with E-state index >= 15 is 0 Å². The highest BCUT2D eigenvalue weighted by molar-refractivity contribution is 5.81. The number of ether oxygens (including phenoxy) is 2. The minimum absolute atomic E-state index is 0.161. The number of hydrogen-bond donors (Lipinski definition) is 0. The van der Waals surface area contributed by atoms with Crippen LogP contribution in [0.1, 0.15) is 78.6 Å². The normalized spacial score (nSPS) is 13.5. The summed E-state index contributed by atoms with van der Waals surface area (Å²) in [5, 5.41) is 0. The molecule has 1 aromatic heterocycles. The lowest BCUT2D eigenvalue weighted by atomic mass is 9.99. The molecule has 0 N–H and O–H groups in total. The lowest BCUT2D eigenvalue weighted by molar-refractivity contribution is -0.147. The van der Waals surface area contributed by atoms with Gasteiger partial charge in [0, 0.05) is 23.5 Å². The maximum Gasteiger partial charge on any atom is 0.348 e. The lowest BCUT2D eigenvalue weighted by Gasteiger charge is -2.18. The number of carbonyl (C=O) groups excluding carboxylic acids is 1. The third-order valence-corrected chi connectivity index (χ3v) is 6.60. The highest BCUT2D eigenvalue weighted by Crippen LogP contribution is 2.27. The van der Waals surface area contributed by atoms with Crippen molar-refractivity contribution in [3.05, 3.63) is 60.9 Å². The molecule has 39 heavy (non-hydrogen) atoms. The summed E-state index contributed by atoms with van der Waals surface area (Å²) in [7, 11) is 0. The van der Waals surface area contributed by atoms with Crippen molar-refractivity contribution in [1.82, 2.24) is 9.97 Å². The number of nitrogens with zero attached hydrogens (tertiary/aromatic N) is 2. The first kappa shape index (κ1) is 30.2. The molecule has 210 valence electrons. The molecule has 0 amide bonds. The van der Waals surface area contributed by atoms with Crippen molar-refractivity contribution in [2.75, 3.05) is 6.61 Å². The summed E-state index contributed by atoms with van der Waals surface area (Å²) >= 11 is 0. The van der Waals surface area contributed by atoms with Crippen LogP contribution in [0.3, 0.4) is 0 Å². The maximum absolute atomic E-state index is 14.8. The van der Waals surface area contributed by atoms with Gasteiger partial charge in [-0.15, -0.1) is 0 Å². The fourth-order valence-electron chi connectivity index (χ4n) is 4.14. The molecule has 5 nitrogen and oxygen atoms in total. The van der Waals surface area contributed by atoms with Gasteiger partial charge >= 0.3 is 5.97 Å². The first-order chi connectivity index (χ1) is 18.8. The molecule has 0 saturated heterocycles. The SMILES string of the molecule is CCCCCCCC(C)(F)C(=O)Oc1ccc(-c2cnc(-c3ccc(OCCCCC(C)F)cc3)nc2)cc1. The van der Waals surface area contributed by atoms with Gasteiger partial charge in [0.05, 0.1) is 12.8 Å². The average Bonchev–Trinajstić information content (AvgIpc) is 2.93. The van der Waals surface area contributed by atoms with Crippen molar-refractivity contribution in [2.24, 2.45) is 0 Å². The molecule has 0 spiro atoms. The van der Waals surface area contributed by atoms with Gasteiger partial charge in [-0.3, -0.25) is 0 Å². The third kappa shape index (κ3) is 10.0. The zero-order valence-electron chi connectivity index (χ0n) is 23.3. The van der Waals surface area contributed by atoms with Crippen LogP contribution in [0.4, 0.5) is 8.78 Å². The number of carbonyl (C=O) groups is 1. The number of rotatable bonds is 16. The van der Waals surface area contributed by atoms with Gasteiger partial charge in [0.15, 0.2) is 5.82 Å². The second kappa shape index (κ2) is 15.3. The van der Waals surface area contributed by atoms with Crippen LogP contribution in [0.2, 0.25) is 0 Å². The molecule has 0 bridgehead atoms. The predicted octanol–water partition coefficient (Wildman–Crippen LogP) is 8.71. The van der Waals surface area contributed by atoms with E-state index in [2.05, 4.69) is 16.9 Å².